The molecule has 1 aliphatic heterocycles. The second-order valence-corrected chi connectivity index (χ2v) is 9.34. The fourth-order valence-corrected chi connectivity index (χ4v) is 5.17. The number of nitrogens with zero attached hydrogens (tertiary/aromatic N) is 1. The van der Waals surface area contributed by atoms with Crippen molar-refractivity contribution in [1.29, 1.82) is 0 Å². The second-order valence-electron chi connectivity index (χ2n) is 9.34. The zero-order valence-electron chi connectivity index (χ0n) is 16.7. The summed E-state index contributed by atoms with van der Waals surface area (Å²) in [6.07, 6.45) is 2.16. The molecule has 4 rings (SSSR count). The van der Waals surface area contributed by atoms with E-state index in [4.69, 9.17) is 0 Å². The number of ether oxygens (including phenoxy) is 1. The van der Waals surface area contributed by atoms with Gasteiger partial charge >= 0.3 is 6.09 Å². The molecule has 2 saturated carbocycles. The summed E-state index contributed by atoms with van der Waals surface area (Å²) in [6.45, 7) is 8.15. The molecule has 1 aromatic carbocycles. The number of rotatable bonds is 4. The van der Waals surface area contributed by atoms with Crippen LogP contribution < -0.4 is 5.32 Å². The molecule has 5 nitrogen and oxygen atoms in total. The van der Waals surface area contributed by atoms with E-state index < -0.39 is 6.09 Å². The summed E-state index contributed by atoms with van der Waals surface area (Å²) in [5.41, 5.74) is 2.64. The molecule has 2 atom stereocenters. The molecule has 1 heterocycles. The van der Waals surface area contributed by atoms with Crippen LogP contribution in [-0.4, -0.2) is 42.6 Å². The number of fused-ring (bicyclic) bond motifs is 1. The van der Waals surface area contributed by atoms with Crippen LogP contribution in [0.3, 0.4) is 0 Å². The Labute approximate surface area is 161 Å². The molecule has 0 bridgehead atoms. The van der Waals surface area contributed by atoms with Gasteiger partial charge in [-0.15, -0.1) is 0 Å². The number of benzene rings is 1. The van der Waals surface area contributed by atoms with E-state index in [1.807, 2.05) is 6.92 Å². The van der Waals surface area contributed by atoms with Gasteiger partial charge in [-0.3, -0.25) is 4.79 Å². The van der Waals surface area contributed by atoms with Gasteiger partial charge in [-0.2, -0.15) is 0 Å². The van der Waals surface area contributed by atoms with Gasteiger partial charge < -0.3 is 15.0 Å². The number of likely N-dealkylation sites (tertiary alicyclic amines) is 1. The molecule has 1 aromatic rings. The molecular weight excluding hydrogens is 340 g/mol. The Morgan fingerprint density at radius 3 is 2.67 bits per heavy atom. The zero-order valence-corrected chi connectivity index (χ0v) is 16.7. The van der Waals surface area contributed by atoms with Crippen molar-refractivity contribution in [2.75, 3.05) is 20.2 Å². The minimum atomic E-state index is -0.421. The summed E-state index contributed by atoms with van der Waals surface area (Å²) in [5, 5.41) is 2.85. The molecule has 2 amide bonds. The van der Waals surface area contributed by atoms with Crippen LogP contribution in [0.2, 0.25) is 0 Å². The number of hydrogen-bond donors (Lipinski definition) is 1. The molecule has 1 N–H and O–H groups in total. The number of alkyl carbamates (subject to hydrolysis) is 1. The van der Waals surface area contributed by atoms with Gasteiger partial charge in [-0.1, -0.05) is 38.1 Å². The fraction of sp³-hybridized carbons (Fsp3) is 0.636. The lowest BCUT2D eigenvalue weighted by Gasteiger charge is -2.45. The summed E-state index contributed by atoms with van der Waals surface area (Å²) in [6, 6.07) is 8.94. The molecule has 5 heteroatoms. The van der Waals surface area contributed by atoms with Crippen molar-refractivity contribution < 1.29 is 14.3 Å². The molecular formula is C22H30N2O3. The molecule has 3 aliphatic rings. The minimum absolute atomic E-state index is 0.0173. The van der Waals surface area contributed by atoms with Crippen molar-refractivity contribution in [3.05, 3.63) is 35.4 Å². The Hall–Kier alpha value is -2.04. The van der Waals surface area contributed by atoms with E-state index in [-0.39, 0.29) is 22.8 Å². The van der Waals surface area contributed by atoms with Gasteiger partial charge in [0.1, 0.15) is 0 Å². The number of nitrogens with one attached hydrogen (secondary N) is 1. The Kier molecular flexibility index (Phi) is 4.24. The molecule has 3 fully saturated rings. The summed E-state index contributed by atoms with van der Waals surface area (Å²) in [4.78, 5) is 26.5. The van der Waals surface area contributed by atoms with Crippen molar-refractivity contribution >= 4 is 12.0 Å². The van der Waals surface area contributed by atoms with Gasteiger partial charge in [0.05, 0.1) is 7.11 Å². The minimum Gasteiger partial charge on any atom is -0.453 e. The van der Waals surface area contributed by atoms with Crippen LogP contribution in [0, 0.1) is 11.8 Å². The lowest BCUT2D eigenvalue weighted by molar-refractivity contribution is -0.140. The third kappa shape index (κ3) is 3.11. The molecule has 27 heavy (non-hydrogen) atoms. The summed E-state index contributed by atoms with van der Waals surface area (Å²) in [5.74, 6) is 1.39. The van der Waals surface area contributed by atoms with Gasteiger partial charge in [-0.05, 0) is 49.1 Å². The fourth-order valence-electron chi connectivity index (χ4n) is 5.17. The zero-order chi connectivity index (χ0) is 19.4. The summed E-state index contributed by atoms with van der Waals surface area (Å²) in [7, 11) is 1.37. The third-order valence-electron chi connectivity index (χ3n) is 6.92. The predicted octanol–water partition coefficient (Wildman–Crippen LogP) is 3.43. The van der Waals surface area contributed by atoms with Crippen molar-refractivity contribution in [2.45, 2.75) is 56.9 Å². The van der Waals surface area contributed by atoms with Gasteiger partial charge in [0.2, 0.25) is 5.91 Å². The predicted molar refractivity (Wildman–Crippen MR) is 104 cm³/mol. The first-order chi connectivity index (χ1) is 12.8. The van der Waals surface area contributed by atoms with Crippen LogP contribution in [0.25, 0.3) is 0 Å². The van der Waals surface area contributed by atoms with E-state index >= 15 is 0 Å². The normalized spacial score (nSPS) is 34.0. The highest BCUT2D eigenvalue weighted by Crippen LogP contribution is 2.59. The molecule has 2 unspecified atom stereocenters. The largest absolute Gasteiger partial charge is 0.453 e. The van der Waals surface area contributed by atoms with Gasteiger partial charge in [0, 0.05) is 30.0 Å². The first-order valence-corrected chi connectivity index (χ1v) is 10.0. The maximum Gasteiger partial charge on any atom is 0.407 e. The van der Waals surface area contributed by atoms with Gasteiger partial charge in [0.15, 0.2) is 0 Å². The number of methoxy groups -OCH3 is 1. The van der Waals surface area contributed by atoms with Crippen LogP contribution in [0.5, 0.6) is 0 Å². The summed E-state index contributed by atoms with van der Waals surface area (Å²) >= 11 is 0. The molecule has 0 radical (unpaired) electrons. The SMILES string of the molecule is COC(=O)NC1(C)CC(C(=O)N2CC3CC3(c3cccc(C(C)C)c3)C2)C1. The van der Waals surface area contributed by atoms with Crippen LogP contribution in [0.15, 0.2) is 24.3 Å². The average molecular weight is 370 g/mol. The lowest BCUT2D eigenvalue weighted by atomic mass is 9.69. The second kappa shape index (κ2) is 6.25. The number of carbonyl (C=O) groups excluding carboxylic acids is 2. The maximum absolute atomic E-state index is 13.0. The number of piperidine rings is 1. The molecule has 0 spiro atoms. The Bertz CT molecular complexity index is 769. The highest BCUT2D eigenvalue weighted by Gasteiger charge is 2.62. The van der Waals surface area contributed by atoms with Crippen LogP contribution in [-0.2, 0) is 14.9 Å². The van der Waals surface area contributed by atoms with E-state index in [2.05, 4.69) is 53.1 Å². The van der Waals surface area contributed by atoms with Crippen molar-refractivity contribution in [2.24, 2.45) is 11.8 Å². The Morgan fingerprint density at radius 1 is 1.26 bits per heavy atom. The van der Waals surface area contributed by atoms with Crippen molar-refractivity contribution in [3.8, 4) is 0 Å². The van der Waals surface area contributed by atoms with Gasteiger partial charge in [-0.25, -0.2) is 4.79 Å². The standard InChI is InChI=1S/C22H30N2O3/c1-14(2)15-6-5-7-17(8-15)22-11-18(22)12-24(13-22)19(25)16-9-21(3,10-16)23-20(26)27-4/h5-8,14,16,18H,9-13H2,1-4H3,(H,23,26). The van der Waals surface area contributed by atoms with E-state index in [9.17, 15) is 9.59 Å². The van der Waals surface area contributed by atoms with E-state index in [0.717, 1.165) is 13.1 Å². The molecule has 2 aliphatic carbocycles. The van der Waals surface area contributed by atoms with Crippen LogP contribution >= 0.6 is 0 Å². The maximum atomic E-state index is 13.0. The smallest absolute Gasteiger partial charge is 0.407 e. The molecule has 0 aromatic heterocycles. The first-order valence-electron chi connectivity index (χ1n) is 10.0. The monoisotopic (exact) mass is 370 g/mol. The average Bonchev–Trinajstić information content (AvgIpc) is 3.20. The molecule has 1 saturated heterocycles. The van der Waals surface area contributed by atoms with Crippen LogP contribution in [0.4, 0.5) is 4.79 Å². The first kappa shape index (κ1) is 18.3. The van der Waals surface area contributed by atoms with E-state index in [1.165, 1.54) is 24.7 Å². The lowest BCUT2D eigenvalue weighted by Crippen LogP contribution is -2.58. The van der Waals surface area contributed by atoms with Crippen molar-refractivity contribution in [1.82, 2.24) is 10.2 Å². The van der Waals surface area contributed by atoms with E-state index in [0.29, 0.717) is 24.7 Å². The molecule has 146 valence electrons. The van der Waals surface area contributed by atoms with Crippen LogP contribution in [0.1, 0.15) is 57.1 Å². The number of hydrogen-bond acceptors (Lipinski definition) is 3. The Morgan fingerprint density at radius 2 is 2.00 bits per heavy atom. The third-order valence-corrected chi connectivity index (χ3v) is 6.92. The summed E-state index contributed by atoms with van der Waals surface area (Å²) < 4.78 is 4.68. The van der Waals surface area contributed by atoms with Crippen molar-refractivity contribution in [3.63, 3.8) is 0 Å². The number of carbonyl (C=O) groups is 2. The highest BCUT2D eigenvalue weighted by atomic mass is 16.5. The quantitative estimate of drug-likeness (QED) is 0.883. The van der Waals surface area contributed by atoms with Gasteiger partial charge in [0.25, 0.3) is 0 Å². The topological polar surface area (TPSA) is 58.6 Å². The Balaban J connectivity index is 1.39. The highest BCUT2D eigenvalue weighted by molar-refractivity contribution is 5.82. The number of amides is 2. The van der Waals surface area contributed by atoms with E-state index in [1.54, 1.807) is 0 Å².